The fourth-order valence-electron chi connectivity index (χ4n) is 2.78. The molecule has 0 spiro atoms. The lowest BCUT2D eigenvalue weighted by atomic mass is 9.93. The molecule has 0 aliphatic rings. The minimum absolute atomic E-state index is 0.266. The third-order valence-electron chi connectivity index (χ3n) is 3.98. The summed E-state index contributed by atoms with van der Waals surface area (Å²) in [6.07, 6.45) is 4.32. The molecule has 0 saturated carbocycles. The zero-order valence-corrected chi connectivity index (χ0v) is 13.4. The topological polar surface area (TPSA) is 55.9 Å². The molecule has 3 rings (SSSR count). The molecular formula is C18H22N4O. The lowest BCUT2D eigenvalue weighted by Crippen LogP contribution is -2.20. The van der Waals surface area contributed by atoms with Gasteiger partial charge < -0.3 is 9.73 Å². The molecule has 0 aliphatic carbocycles. The number of nitrogens with one attached hydrogen (secondary N) is 1. The van der Waals surface area contributed by atoms with Crippen molar-refractivity contribution < 1.29 is 4.42 Å². The van der Waals surface area contributed by atoms with E-state index in [0.717, 1.165) is 37.6 Å². The maximum atomic E-state index is 5.64. The molecule has 0 aliphatic heterocycles. The molecule has 0 amide bonds. The van der Waals surface area contributed by atoms with Crippen LogP contribution >= 0.6 is 0 Å². The maximum absolute atomic E-state index is 5.64. The Hall–Kier alpha value is -2.40. The van der Waals surface area contributed by atoms with Crippen LogP contribution in [0.2, 0.25) is 0 Å². The Kier molecular flexibility index (Phi) is 5.21. The Labute approximate surface area is 136 Å². The van der Waals surface area contributed by atoms with Crippen molar-refractivity contribution in [2.24, 2.45) is 0 Å². The number of nitrogens with zero attached hydrogens (tertiary/aromatic N) is 3. The molecule has 120 valence electrons. The van der Waals surface area contributed by atoms with Gasteiger partial charge in [0.25, 0.3) is 0 Å². The van der Waals surface area contributed by atoms with Crippen molar-refractivity contribution in [3.8, 4) is 0 Å². The highest BCUT2D eigenvalue weighted by Crippen LogP contribution is 2.27. The Morgan fingerprint density at radius 1 is 1.17 bits per heavy atom. The predicted octanol–water partition coefficient (Wildman–Crippen LogP) is 3.20. The third-order valence-corrected chi connectivity index (χ3v) is 3.98. The molecule has 23 heavy (non-hydrogen) atoms. The number of rotatable bonds is 8. The van der Waals surface area contributed by atoms with Crippen LogP contribution in [0.4, 0.5) is 0 Å². The lowest BCUT2D eigenvalue weighted by Gasteiger charge is -2.15. The molecular weight excluding hydrogens is 288 g/mol. The van der Waals surface area contributed by atoms with Crippen molar-refractivity contribution in [2.75, 3.05) is 6.54 Å². The summed E-state index contributed by atoms with van der Waals surface area (Å²) in [7, 11) is 0. The van der Waals surface area contributed by atoms with Crippen molar-refractivity contribution in [3.05, 3.63) is 72.2 Å². The highest BCUT2D eigenvalue weighted by molar-refractivity contribution is 5.27. The summed E-state index contributed by atoms with van der Waals surface area (Å²) in [5, 5.41) is 7.65. The second-order valence-corrected chi connectivity index (χ2v) is 5.44. The number of hydrogen-bond acceptors (Lipinski definition) is 4. The zero-order chi connectivity index (χ0) is 15.9. The largest absolute Gasteiger partial charge is 0.469 e. The quantitative estimate of drug-likeness (QED) is 0.649. The standard InChI is InChI=1S/C18H22N4O/c1-2-22-18(20-14-21-22)13-19-11-10-16(17-9-6-12-23-17)15-7-4-3-5-8-15/h3-9,12,14,16,19H,2,10-11,13H2,1H3. The van der Waals surface area contributed by atoms with Crippen LogP contribution in [0.1, 0.15) is 36.4 Å². The van der Waals surface area contributed by atoms with E-state index in [1.165, 1.54) is 5.56 Å². The van der Waals surface area contributed by atoms with E-state index in [-0.39, 0.29) is 5.92 Å². The van der Waals surface area contributed by atoms with Gasteiger partial charge in [0, 0.05) is 12.5 Å². The normalized spacial score (nSPS) is 12.4. The molecule has 5 heteroatoms. The van der Waals surface area contributed by atoms with Gasteiger partial charge in [0.05, 0.1) is 12.8 Å². The smallest absolute Gasteiger partial charge is 0.140 e. The Bertz CT molecular complexity index is 691. The van der Waals surface area contributed by atoms with E-state index in [9.17, 15) is 0 Å². The van der Waals surface area contributed by atoms with Gasteiger partial charge in [-0.05, 0) is 37.6 Å². The van der Waals surface area contributed by atoms with Crippen molar-refractivity contribution >= 4 is 0 Å². The molecule has 1 aromatic carbocycles. The summed E-state index contributed by atoms with van der Waals surface area (Å²) < 4.78 is 7.55. The zero-order valence-electron chi connectivity index (χ0n) is 13.4. The van der Waals surface area contributed by atoms with Gasteiger partial charge >= 0.3 is 0 Å². The summed E-state index contributed by atoms with van der Waals surface area (Å²) in [4.78, 5) is 4.28. The first-order valence-corrected chi connectivity index (χ1v) is 8.04. The second kappa shape index (κ2) is 7.74. The van der Waals surface area contributed by atoms with Gasteiger partial charge in [-0.3, -0.25) is 0 Å². The van der Waals surface area contributed by atoms with E-state index in [0.29, 0.717) is 0 Å². The number of aromatic nitrogens is 3. The van der Waals surface area contributed by atoms with Crippen molar-refractivity contribution in [1.29, 1.82) is 0 Å². The molecule has 0 radical (unpaired) electrons. The summed E-state index contributed by atoms with van der Waals surface area (Å²) in [5.74, 6) is 2.25. The van der Waals surface area contributed by atoms with Gasteiger partial charge in [-0.25, -0.2) is 9.67 Å². The number of benzene rings is 1. The molecule has 1 unspecified atom stereocenters. The lowest BCUT2D eigenvalue weighted by molar-refractivity contribution is 0.463. The third kappa shape index (κ3) is 3.87. The van der Waals surface area contributed by atoms with E-state index >= 15 is 0 Å². The van der Waals surface area contributed by atoms with Crippen LogP contribution in [0, 0.1) is 0 Å². The number of furan rings is 1. The minimum atomic E-state index is 0.266. The summed E-state index contributed by atoms with van der Waals surface area (Å²) in [6, 6.07) is 14.5. The van der Waals surface area contributed by atoms with E-state index in [2.05, 4.69) is 46.6 Å². The van der Waals surface area contributed by atoms with Crippen LogP contribution in [-0.4, -0.2) is 21.3 Å². The Morgan fingerprint density at radius 2 is 2.04 bits per heavy atom. The van der Waals surface area contributed by atoms with Crippen LogP contribution in [0.15, 0.2) is 59.5 Å². The van der Waals surface area contributed by atoms with Crippen LogP contribution < -0.4 is 5.32 Å². The fourth-order valence-corrected chi connectivity index (χ4v) is 2.78. The molecule has 0 bridgehead atoms. The first-order chi connectivity index (χ1) is 11.4. The Morgan fingerprint density at radius 3 is 2.78 bits per heavy atom. The predicted molar refractivity (Wildman–Crippen MR) is 89.0 cm³/mol. The molecule has 0 fully saturated rings. The fraction of sp³-hybridized carbons (Fsp3) is 0.333. The first kappa shape index (κ1) is 15.5. The maximum Gasteiger partial charge on any atom is 0.140 e. The van der Waals surface area contributed by atoms with E-state index in [4.69, 9.17) is 4.42 Å². The summed E-state index contributed by atoms with van der Waals surface area (Å²) in [6.45, 7) is 4.53. The molecule has 2 heterocycles. The van der Waals surface area contributed by atoms with Gasteiger partial charge in [-0.1, -0.05) is 30.3 Å². The van der Waals surface area contributed by atoms with E-state index < -0.39 is 0 Å². The number of hydrogen-bond donors (Lipinski definition) is 1. The molecule has 1 N–H and O–H groups in total. The average molecular weight is 310 g/mol. The van der Waals surface area contributed by atoms with Crippen molar-refractivity contribution in [2.45, 2.75) is 32.4 Å². The highest BCUT2D eigenvalue weighted by atomic mass is 16.3. The van der Waals surface area contributed by atoms with Crippen LogP contribution in [0.3, 0.4) is 0 Å². The Balaban J connectivity index is 1.59. The van der Waals surface area contributed by atoms with Crippen molar-refractivity contribution in [3.63, 3.8) is 0 Å². The van der Waals surface area contributed by atoms with Gasteiger partial charge in [0.1, 0.15) is 17.9 Å². The van der Waals surface area contributed by atoms with E-state index in [1.54, 1.807) is 12.6 Å². The highest BCUT2D eigenvalue weighted by Gasteiger charge is 2.16. The molecule has 5 nitrogen and oxygen atoms in total. The molecule has 0 saturated heterocycles. The van der Waals surface area contributed by atoms with Crippen LogP contribution in [0.5, 0.6) is 0 Å². The van der Waals surface area contributed by atoms with Crippen LogP contribution in [-0.2, 0) is 13.1 Å². The van der Waals surface area contributed by atoms with Crippen LogP contribution in [0.25, 0.3) is 0 Å². The SMILES string of the molecule is CCn1ncnc1CNCCC(c1ccccc1)c1ccco1. The van der Waals surface area contributed by atoms with Gasteiger partial charge in [-0.15, -0.1) is 0 Å². The first-order valence-electron chi connectivity index (χ1n) is 8.04. The summed E-state index contributed by atoms with van der Waals surface area (Å²) in [5.41, 5.74) is 1.28. The molecule has 3 aromatic rings. The monoisotopic (exact) mass is 310 g/mol. The number of aryl methyl sites for hydroxylation is 1. The van der Waals surface area contributed by atoms with E-state index in [1.807, 2.05) is 22.9 Å². The van der Waals surface area contributed by atoms with Crippen molar-refractivity contribution in [1.82, 2.24) is 20.1 Å². The minimum Gasteiger partial charge on any atom is -0.469 e. The molecule has 2 aromatic heterocycles. The van der Waals surface area contributed by atoms with Gasteiger partial charge in [-0.2, -0.15) is 5.10 Å². The van der Waals surface area contributed by atoms with Gasteiger partial charge in [0.15, 0.2) is 0 Å². The summed E-state index contributed by atoms with van der Waals surface area (Å²) >= 11 is 0. The van der Waals surface area contributed by atoms with Gasteiger partial charge in [0.2, 0.25) is 0 Å². The average Bonchev–Trinajstić information content (AvgIpc) is 3.27. The molecule has 1 atom stereocenters. The second-order valence-electron chi connectivity index (χ2n) is 5.44.